The van der Waals surface area contributed by atoms with Crippen molar-refractivity contribution in [3.63, 3.8) is 0 Å². The van der Waals surface area contributed by atoms with Gasteiger partial charge in [0.25, 0.3) is 15.9 Å². The van der Waals surface area contributed by atoms with Crippen molar-refractivity contribution in [2.45, 2.75) is 18.2 Å². The van der Waals surface area contributed by atoms with Gasteiger partial charge in [0, 0.05) is 17.5 Å². The molecule has 21 heavy (non-hydrogen) atoms. The fraction of sp³-hybridized carbons (Fsp3) is 0.143. The number of benzene rings is 1. The molecule has 0 bridgehead atoms. The van der Waals surface area contributed by atoms with E-state index < -0.39 is 15.9 Å². The van der Waals surface area contributed by atoms with Gasteiger partial charge in [0.15, 0.2) is 0 Å². The topological polar surface area (TPSA) is 88.2 Å². The Morgan fingerprint density at radius 1 is 1.19 bits per heavy atom. The molecular formula is C14H15N3O3S. The molecule has 0 radical (unpaired) electrons. The summed E-state index contributed by atoms with van der Waals surface area (Å²) in [6, 6.07) is 10.9. The highest BCUT2D eigenvalue weighted by molar-refractivity contribution is 7.89. The second kappa shape index (κ2) is 6.47. The van der Waals surface area contributed by atoms with Crippen molar-refractivity contribution in [1.29, 1.82) is 0 Å². The number of sulfonamides is 1. The van der Waals surface area contributed by atoms with Crippen LogP contribution in [0, 0.1) is 0 Å². The van der Waals surface area contributed by atoms with Crippen LogP contribution in [0.15, 0.2) is 53.6 Å². The van der Waals surface area contributed by atoms with Crippen LogP contribution >= 0.6 is 0 Å². The summed E-state index contributed by atoms with van der Waals surface area (Å²) in [6.07, 6.45) is 2.20. The van der Waals surface area contributed by atoms with Crippen LogP contribution in [0.4, 0.5) is 0 Å². The van der Waals surface area contributed by atoms with Gasteiger partial charge >= 0.3 is 0 Å². The van der Waals surface area contributed by atoms with Crippen molar-refractivity contribution in [2.75, 3.05) is 0 Å². The Kier molecular flexibility index (Phi) is 4.66. The zero-order chi connectivity index (χ0) is 15.3. The van der Waals surface area contributed by atoms with E-state index in [0.29, 0.717) is 12.0 Å². The number of rotatable bonds is 5. The lowest BCUT2D eigenvalue weighted by Crippen LogP contribution is -2.41. The van der Waals surface area contributed by atoms with Crippen LogP contribution in [0.3, 0.4) is 0 Å². The summed E-state index contributed by atoms with van der Waals surface area (Å²) in [5.74, 6) is -0.536. The number of hydrogen-bond acceptors (Lipinski definition) is 4. The Morgan fingerprint density at radius 3 is 2.57 bits per heavy atom. The standard InChI is InChI=1S/C14H15N3O3S/c1-2-12-10-11(8-9-15-12)14(18)16-17-21(19,20)13-6-4-3-5-7-13/h3-10,17H,2H2,1H3,(H,16,18). The molecule has 0 fully saturated rings. The average Bonchev–Trinajstić information content (AvgIpc) is 2.53. The Balaban J connectivity index is 2.07. The predicted molar refractivity (Wildman–Crippen MR) is 77.8 cm³/mol. The van der Waals surface area contributed by atoms with E-state index in [-0.39, 0.29) is 4.90 Å². The maximum Gasteiger partial charge on any atom is 0.266 e. The van der Waals surface area contributed by atoms with Crippen LogP contribution in [0.25, 0.3) is 0 Å². The lowest BCUT2D eigenvalue weighted by Gasteiger charge is -2.08. The first-order valence-corrected chi connectivity index (χ1v) is 7.83. The number of carbonyl (C=O) groups excluding carboxylic acids is 1. The summed E-state index contributed by atoms with van der Waals surface area (Å²) >= 11 is 0. The number of aryl methyl sites for hydroxylation is 1. The van der Waals surface area contributed by atoms with Crippen molar-refractivity contribution in [3.8, 4) is 0 Å². The molecule has 110 valence electrons. The van der Waals surface area contributed by atoms with E-state index in [2.05, 4.69) is 15.2 Å². The van der Waals surface area contributed by atoms with Gasteiger partial charge in [-0.25, -0.2) is 8.42 Å². The Bertz CT molecular complexity index is 730. The predicted octanol–water partition coefficient (Wildman–Crippen LogP) is 1.27. The minimum atomic E-state index is -3.78. The lowest BCUT2D eigenvalue weighted by atomic mass is 10.2. The summed E-state index contributed by atoms with van der Waals surface area (Å²) in [7, 11) is -3.78. The minimum absolute atomic E-state index is 0.0780. The molecular weight excluding hydrogens is 290 g/mol. The molecule has 0 aliphatic carbocycles. The Morgan fingerprint density at radius 2 is 1.90 bits per heavy atom. The van der Waals surface area contributed by atoms with E-state index in [1.807, 2.05) is 6.92 Å². The van der Waals surface area contributed by atoms with Crippen molar-refractivity contribution in [2.24, 2.45) is 0 Å². The van der Waals surface area contributed by atoms with Crippen molar-refractivity contribution >= 4 is 15.9 Å². The van der Waals surface area contributed by atoms with Gasteiger partial charge in [-0.2, -0.15) is 0 Å². The molecule has 1 aromatic heterocycles. The third kappa shape index (κ3) is 3.87. The van der Waals surface area contributed by atoms with Gasteiger partial charge in [-0.1, -0.05) is 25.1 Å². The van der Waals surface area contributed by atoms with Gasteiger partial charge in [0.1, 0.15) is 0 Å². The molecule has 1 aromatic carbocycles. The van der Waals surface area contributed by atoms with Gasteiger partial charge in [0.2, 0.25) is 0 Å². The second-order valence-corrected chi connectivity index (χ2v) is 5.94. The zero-order valence-corrected chi connectivity index (χ0v) is 12.2. The smallest absolute Gasteiger partial charge is 0.266 e. The second-order valence-electron chi connectivity index (χ2n) is 4.26. The lowest BCUT2D eigenvalue weighted by molar-refractivity contribution is 0.0945. The molecule has 0 unspecified atom stereocenters. The van der Waals surface area contributed by atoms with Gasteiger partial charge in [0.05, 0.1) is 4.90 Å². The zero-order valence-electron chi connectivity index (χ0n) is 11.4. The molecule has 0 aliphatic heterocycles. The molecule has 0 saturated heterocycles. The van der Waals surface area contributed by atoms with Gasteiger partial charge < -0.3 is 0 Å². The molecule has 1 amide bonds. The van der Waals surface area contributed by atoms with Crippen LogP contribution < -0.4 is 10.3 Å². The molecule has 6 nitrogen and oxygen atoms in total. The van der Waals surface area contributed by atoms with Crippen LogP contribution in [-0.2, 0) is 16.4 Å². The van der Waals surface area contributed by atoms with Crippen LogP contribution in [0.1, 0.15) is 23.0 Å². The summed E-state index contributed by atoms with van der Waals surface area (Å²) in [5.41, 5.74) is 3.29. The summed E-state index contributed by atoms with van der Waals surface area (Å²) in [6.45, 7) is 1.92. The first kappa shape index (κ1) is 15.1. The van der Waals surface area contributed by atoms with Crippen molar-refractivity contribution < 1.29 is 13.2 Å². The van der Waals surface area contributed by atoms with Gasteiger partial charge in [-0.3, -0.25) is 15.2 Å². The maximum absolute atomic E-state index is 12.0. The van der Waals surface area contributed by atoms with Gasteiger partial charge in [-0.05, 0) is 30.7 Å². The summed E-state index contributed by atoms with van der Waals surface area (Å²) in [4.78, 5) is 18.1. The monoisotopic (exact) mass is 305 g/mol. The van der Waals surface area contributed by atoms with E-state index in [0.717, 1.165) is 5.69 Å². The molecule has 7 heteroatoms. The fourth-order valence-corrected chi connectivity index (χ4v) is 2.52. The largest absolute Gasteiger partial charge is 0.273 e. The highest BCUT2D eigenvalue weighted by Crippen LogP contribution is 2.06. The normalized spacial score (nSPS) is 11.1. The molecule has 0 atom stereocenters. The quantitative estimate of drug-likeness (QED) is 0.814. The molecule has 1 heterocycles. The Hall–Kier alpha value is -2.25. The summed E-state index contributed by atoms with van der Waals surface area (Å²) < 4.78 is 23.9. The number of carbonyl (C=O) groups is 1. The van der Waals surface area contributed by atoms with Crippen LogP contribution in [0.5, 0.6) is 0 Å². The molecule has 2 aromatic rings. The molecule has 0 saturated carbocycles. The first-order chi connectivity index (χ1) is 10.0. The molecule has 2 N–H and O–H groups in total. The highest BCUT2D eigenvalue weighted by atomic mass is 32.2. The van der Waals surface area contributed by atoms with E-state index in [4.69, 9.17) is 0 Å². The first-order valence-electron chi connectivity index (χ1n) is 6.35. The number of hydrazine groups is 1. The number of aromatic nitrogens is 1. The number of amides is 1. The van der Waals surface area contributed by atoms with E-state index >= 15 is 0 Å². The third-order valence-electron chi connectivity index (χ3n) is 2.79. The van der Waals surface area contributed by atoms with Crippen LogP contribution in [-0.4, -0.2) is 19.3 Å². The SMILES string of the molecule is CCc1cc(C(=O)NNS(=O)(=O)c2ccccc2)ccn1. The van der Waals surface area contributed by atoms with Crippen molar-refractivity contribution in [3.05, 3.63) is 59.9 Å². The van der Waals surface area contributed by atoms with E-state index in [1.54, 1.807) is 24.3 Å². The molecule has 0 spiro atoms. The van der Waals surface area contributed by atoms with Crippen LogP contribution in [0.2, 0.25) is 0 Å². The van der Waals surface area contributed by atoms with Gasteiger partial charge in [-0.15, -0.1) is 4.83 Å². The number of nitrogens with zero attached hydrogens (tertiary/aromatic N) is 1. The van der Waals surface area contributed by atoms with E-state index in [9.17, 15) is 13.2 Å². The van der Waals surface area contributed by atoms with Crippen molar-refractivity contribution in [1.82, 2.24) is 15.2 Å². The minimum Gasteiger partial charge on any atom is -0.273 e. The summed E-state index contributed by atoms with van der Waals surface area (Å²) in [5, 5.41) is 0. The molecule has 2 rings (SSSR count). The Labute approximate surface area is 123 Å². The van der Waals surface area contributed by atoms with E-state index in [1.165, 1.54) is 24.4 Å². The third-order valence-corrected chi connectivity index (χ3v) is 4.06. The number of pyridine rings is 1. The fourth-order valence-electron chi connectivity index (χ4n) is 1.66. The average molecular weight is 305 g/mol. The molecule has 0 aliphatic rings. The number of hydrogen-bond donors (Lipinski definition) is 2. The maximum atomic E-state index is 12.0. The highest BCUT2D eigenvalue weighted by Gasteiger charge is 2.15. The number of nitrogens with one attached hydrogen (secondary N) is 2.